The Morgan fingerprint density at radius 1 is 1.06 bits per heavy atom. The number of halogens is 2. The Labute approximate surface area is 182 Å². The number of carbonyl (C=O) groups excluding carboxylic acids is 1. The molecule has 0 aliphatic carbocycles. The third-order valence-electron chi connectivity index (χ3n) is 4.26. The second kappa shape index (κ2) is 10.4. The van der Waals surface area contributed by atoms with E-state index in [2.05, 4.69) is 5.32 Å². The third kappa shape index (κ3) is 6.16. The zero-order chi connectivity index (χ0) is 22.2. The van der Waals surface area contributed by atoms with E-state index in [0.29, 0.717) is 23.0 Å². The number of benzene rings is 3. The van der Waals surface area contributed by atoms with Crippen LogP contribution in [0, 0.1) is 15.9 Å². The van der Waals surface area contributed by atoms with Crippen molar-refractivity contribution in [2.24, 2.45) is 0 Å². The number of esters is 1. The predicted octanol–water partition coefficient (Wildman–Crippen LogP) is 5.24. The Balaban J connectivity index is 1.65. The molecule has 160 valence electrons. The Morgan fingerprint density at radius 3 is 2.52 bits per heavy atom. The van der Waals surface area contributed by atoms with Gasteiger partial charge < -0.3 is 14.8 Å². The van der Waals surface area contributed by atoms with Crippen LogP contribution in [-0.4, -0.2) is 24.1 Å². The summed E-state index contributed by atoms with van der Waals surface area (Å²) in [6.07, 6.45) is 0. The number of ether oxygens (including phenoxy) is 2. The Bertz CT molecular complexity index is 1080. The number of non-ortho nitro benzene ring substituents is 1. The molecule has 0 atom stereocenters. The van der Waals surface area contributed by atoms with Crippen LogP contribution in [-0.2, 0) is 11.3 Å². The molecule has 0 aliphatic heterocycles. The van der Waals surface area contributed by atoms with Crippen molar-refractivity contribution in [1.82, 2.24) is 0 Å². The summed E-state index contributed by atoms with van der Waals surface area (Å²) in [6, 6.07) is 16.5. The van der Waals surface area contributed by atoms with Gasteiger partial charge in [0.1, 0.15) is 24.8 Å². The van der Waals surface area contributed by atoms with E-state index >= 15 is 0 Å². The average Bonchev–Trinajstić information content (AvgIpc) is 2.77. The summed E-state index contributed by atoms with van der Waals surface area (Å²) in [5.41, 5.74) is 0.949. The number of anilines is 1. The fourth-order valence-corrected chi connectivity index (χ4v) is 2.91. The molecule has 0 spiro atoms. The van der Waals surface area contributed by atoms with Gasteiger partial charge in [-0.1, -0.05) is 29.8 Å². The summed E-state index contributed by atoms with van der Waals surface area (Å²) >= 11 is 6.15. The van der Waals surface area contributed by atoms with Gasteiger partial charge in [-0.25, -0.2) is 9.18 Å². The molecular formula is C22H18ClFN2O5. The maximum Gasteiger partial charge on any atom is 0.340 e. The van der Waals surface area contributed by atoms with Crippen LogP contribution in [0.2, 0.25) is 5.02 Å². The lowest BCUT2D eigenvalue weighted by molar-refractivity contribution is -0.384. The van der Waals surface area contributed by atoms with Crippen molar-refractivity contribution in [3.63, 3.8) is 0 Å². The van der Waals surface area contributed by atoms with E-state index in [4.69, 9.17) is 21.1 Å². The summed E-state index contributed by atoms with van der Waals surface area (Å²) in [6.45, 7) is 0.253. The van der Waals surface area contributed by atoms with Crippen LogP contribution in [0.25, 0.3) is 0 Å². The first-order chi connectivity index (χ1) is 14.9. The lowest BCUT2D eigenvalue weighted by atomic mass is 10.1. The molecule has 0 amide bonds. The van der Waals surface area contributed by atoms with Crippen LogP contribution >= 0.6 is 11.6 Å². The Hall–Kier alpha value is -3.65. The van der Waals surface area contributed by atoms with Gasteiger partial charge in [-0.3, -0.25) is 10.1 Å². The molecule has 0 unspecified atom stereocenters. The van der Waals surface area contributed by atoms with Crippen molar-refractivity contribution in [3.8, 4) is 5.75 Å². The molecule has 0 saturated heterocycles. The molecule has 0 radical (unpaired) electrons. The first-order valence-corrected chi connectivity index (χ1v) is 9.63. The van der Waals surface area contributed by atoms with Crippen LogP contribution in [0.15, 0.2) is 66.7 Å². The van der Waals surface area contributed by atoms with Gasteiger partial charge >= 0.3 is 5.97 Å². The quantitative estimate of drug-likeness (QED) is 0.210. The van der Waals surface area contributed by atoms with E-state index in [1.54, 1.807) is 12.1 Å². The standard InChI is InChI=1S/C22H18ClFN2O5/c23-20-4-2-1-3-15(20)14-25-21-10-7-17(26(28)29)13-19(21)22(27)31-12-11-30-18-8-5-16(24)6-9-18/h1-10,13,25H,11-12,14H2. The van der Waals surface area contributed by atoms with Crippen molar-refractivity contribution in [2.75, 3.05) is 18.5 Å². The van der Waals surface area contributed by atoms with Gasteiger partial charge in [0.2, 0.25) is 0 Å². The summed E-state index contributed by atoms with van der Waals surface area (Å²) in [4.78, 5) is 23.1. The first kappa shape index (κ1) is 22.0. The van der Waals surface area contributed by atoms with Gasteiger partial charge in [0.15, 0.2) is 0 Å². The number of rotatable bonds is 9. The average molecular weight is 445 g/mol. The molecule has 0 aliphatic rings. The van der Waals surface area contributed by atoms with Crippen molar-refractivity contribution in [1.29, 1.82) is 0 Å². The van der Waals surface area contributed by atoms with Crippen molar-refractivity contribution in [3.05, 3.63) is 98.8 Å². The zero-order valence-corrected chi connectivity index (χ0v) is 17.0. The molecule has 9 heteroatoms. The molecular weight excluding hydrogens is 427 g/mol. The van der Waals surface area contributed by atoms with Crippen LogP contribution < -0.4 is 10.1 Å². The molecule has 0 bridgehead atoms. The summed E-state index contributed by atoms with van der Waals surface area (Å²) in [5.74, 6) is -0.704. The number of hydrogen-bond acceptors (Lipinski definition) is 6. The minimum Gasteiger partial charge on any atom is -0.490 e. The number of hydrogen-bond donors (Lipinski definition) is 1. The normalized spacial score (nSPS) is 10.4. The number of carbonyl (C=O) groups is 1. The third-order valence-corrected chi connectivity index (χ3v) is 4.63. The van der Waals surface area contributed by atoms with Crippen LogP contribution in [0.3, 0.4) is 0 Å². The lowest BCUT2D eigenvalue weighted by Gasteiger charge is -2.13. The Kier molecular flexibility index (Phi) is 7.40. The number of nitrogens with one attached hydrogen (secondary N) is 1. The zero-order valence-electron chi connectivity index (χ0n) is 16.2. The monoisotopic (exact) mass is 444 g/mol. The maximum absolute atomic E-state index is 12.9. The van der Waals surface area contributed by atoms with E-state index in [9.17, 15) is 19.3 Å². The van der Waals surface area contributed by atoms with E-state index in [0.717, 1.165) is 11.6 Å². The van der Waals surface area contributed by atoms with E-state index in [1.165, 1.54) is 36.4 Å². The maximum atomic E-state index is 12.9. The van der Waals surface area contributed by atoms with Gasteiger partial charge in [0.25, 0.3) is 5.69 Å². The molecule has 0 aromatic heterocycles. The molecule has 7 nitrogen and oxygen atoms in total. The van der Waals surface area contributed by atoms with Gasteiger partial charge in [-0.05, 0) is 42.0 Å². The summed E-state index contributed by atoms with van der Waals surface area (Å²) < 4.78 is 23.5. The van der Waals surface area contributed by atoms with Crippen molar-refractivity contribution >= 4 is 28.9 Å². The molecule has 3 aromatic rings. The molecule has 0 fully saturated rings. The highest BCUT2D eigenvalue weighted by atomic mass is 35.5. The second-order valence-electron chi connectivity index (χ2n) is 6.37. The van der Waals surface area contributed by atoms with Crippen molar-refractivity contribution < 1.29 is 23.6 Å². The number of nitro benzene ring substituents is 1. The SMILES string of the molecule is O=C(OCCOc1ccc(F)cc1)c1cc([N+](=O)[O-])ccc1NCc1ccccc1Cl. The molecule has 3 rings (SSSR count). The van der Waals surface area contributed by atoms with Crippen LogP contribution in [0.1, 0.15) is 15.9 Å². The minimum absolute atomic E-state index is 0.0167. The molecule has 1 N–H and O–H groups in total. The Morgan fingerprint density at radius 2 is 1.81 bits per heavy atom. The van der Waals surface area contributed by atoms with Gasteiger partial charge in [-0.15, -0.1) is 0 Å². The smallest absolute Gasteiger partial charge is 0.340 e. The topological polar surface area (TPSA) is 90.7 Å². The summed E-state index contributed by atoms with van der Waals surface area (Å²) in [5, 5.41) is 14.7. The van der Waals surface area contributed by atoms with Gasteiger partial charge in [0, 0.05) is 29.4 Å². The molecule has 3 aromatic carbocycles. The highest BCUT2D eigenvalue weighted by molar-refractivity contribution is 6.31. The fourth-order valence-electron chi connectivity index (χ4n) is 2.70. The van der Waals surface area contributed by atoms with Crippen molar-refractivity contribution in [2.45, 2.75) is 6.54 Å². The predicted molar refractivity (Wildman–Crippen MR) is 114 cm³/mol. The van der Waals surface area contributed by atoms with Gasteiger partial charge in [0.05, 0.1) is 10.5 Å². The molecule has 31 heavy (non-hydrogen) atoms. The highest BCUT2D eigenvalue weighted by Gasteiger charge is 2.18. The van der Waals surface area contributed by atoms with Crippen LogP contribution in [0.4, 0.5) is 15.8 Å². The van der Waals surface area contributed by atoms with Crippen LogP contribution in [0.5, 0.6) is 5.75 Å². The number of nitro groups is 1. The fraction of sp³-hybridized carbons (Fsp3) is 0.136. The lowest BCUT2D eigenvalue weighted by Crippen LogP contribution is -2.15. The van der Waals surface area contributed by atoms with E-state index in [1.807, 2.05) is 12.1 Å². The highest BCUT2D eigenvalue weighted by Crippen LogP contribution is 2.25. The molecule has 0 heterocycles. The molecule has 0 saturated carbocycles. The second-order valence-corrected chi connectivity index (χ2v) is 6.78. The largest absolute Gasteiger partial charge is 0.490 e. The van der Waals surface area contributed by atoms with Gasteiger partial charge in [-0.2, -0.15) is 0 Å². The van der Waals surface area contributed by atoms with E-state index < -0.39 is 10.9 Å². The summed E-state index contributed by atoms with van der Waals surface area (Å²) in [7, 11) is 0. The van der Waals surface area contributed by atoms with E-state index in [-0.39, 0.29) is 30.3 Å². The first-order valence-electron chi connectivity index (χ1n) is 9.25. The number of nitrogens with zero attached hydrogens (tertiary/aromatic N) is 1. The minimum atomic E-state index is -0.743.